The van der Waals surface area contributed by atoms with Gasteiger partial charge in [0.2, 0.25) is 10.0 Å². The molecule has 1 aromatic heterocycles. The molecule has 0 aliphatic heterocycles. The lowest BCUT2D eigenvalue weighted by Crippen LogP contribution is -2.25. The van der Waals surface area contributed by atoms with Gasteiger partial charge in [-0.15, -0.1) is 0 Å². The molecule has 8 nitrogen and oxygen atoms in total. The highest BCUT2D eigenvalue weighted by molar-refractivity contribution is 7.92. The summed E-state index contributed by atoms with van der Waals surface area (Å²) in [6, 6.07) is 18.2. The van der Waals surface area contributed by atoms with Gasteiger partial charge in [-0.3, -0.25) is 13.9 Å². The number of methoxy groups -OCH3 is 1. The summed E-state index contributed by atoms with van der Waals surface area (Å²) in [5.41, 5.74) is 6.48. The molecule has 9 heteroatoms. The number of hydrogen-bond donors (Lipinski definition) is 1. The summed E-state index contributed by atoms with van der Waals surface area (Å²) in [4.78, 5) is 18.0. The first kappa shape index (κ1) is 24.3. The Labute approximate surface area is 204 Å². The smallest absolute Gasteiger partial charge is 0.279 e. The summed E-state index contributed by atoms with van der Waals surface area (Å²) in [7, 11) is 0.792. The van der Waals surface area contributed by atoms with Gasteiger partial charge < -0.3 is 9.15 Å². The molecule has 1 amide bonds. The Hall–Kier alpha value is -3.82. The summed E-state index contributed by atoms with van der Waals surface area (Å²) in [6.45, 7) is 1.97. The number of aryl methyl sites for hydroxylation is 1. The number of anilines is 1. The van der Waals surface area contributed by atoms with Crippen LogP contribution < -0.4 is 14.5 Å². The number of hydroxylamine groups is 1. The van der Waals surface area contributed by atoms with Crippen LogP contribution in [-0.4, -0.2) is 41.8 Å². The average Bonchev–Trinajstić information content (AvgIpc) is 3.21. The zero-order valence-corrected chi connectivity index (χ0v) is 20.9. The number of rotatable bonds is 7. The molecule has 0 radical (unpaired) electrons. The second-order valence-electron chi connectivity index (χ2n) is 8.14. The van der Waals surface area contributed by atoms with E-state index in [0.29, 0.717) is 44.9 Å². The minimum absolute atomic E-state index is 0.281. The fourth-order valence-electron chi connectivity index (χ4n) is 3.87. The van der Waals surface area contributed by atoms with E-state index in [1.165, 1.54) is 18.5 Å². The van der Waals surface area contributed by atoms with Crippen LogP contribution >= 0.6 is 0 Å². The van der Waals surface area contributed by atoms with Crippen molar-refractivity contribution in [3.63, 3.8) is 0 Å². The van der Waals surface area contributed by atoms with Gasteiger partial charge in [-0.05, 0) is 30.7 Å². The number of fused-ring (bicyclic) bond motifs is 1. The van der Waals surface area contributed by atoms with Crippen LogP contribution in [0.4, 0.5) is 5.69 Å². The van der Waals surface area contributed by atoms with Crippen LogP contribution in [0.25, 0.3) is 33.4 Å². The molecular weight excluding hydrogens is 468 g/mol. The van der Waals surface area contributed by atoms with E-state index in [1.54, 1.807) is 31.4 Å². The van der Waals surface area contributed by atoms with E-state index in [-0.39, 0.29) is 5.56 Å². The molecular formula is C26H26N2O6S. The Morgan fingerprint density at radius 2 is 1.71 bits per heavy atom. The fourth-order valence-corrected chi connectivity index (χ4v) is 4.38. The number of carbonyl (C=O) groups excluding carboxylic acids is 1. The molecule has 1 N–H and O–H groups in total. The van der Waals surface area contributed by atoms with Crippen LogP contribution in [0.2, 0.25) is 0 Å². The number of ether oxygens (including phenoxy) is 1. The van der Waals surface area contributed by atoms with Crippen molar-refractivity contribution in [2.75, 3.05) is 31.8 Å². The van der Waals surface area contributed by atoms with Gasteiger partial charge in [0.05, 0.1) is 31.7 Å². The maximum atomic E-state index is 13.1. The van der Waals surface area contributed by atoms with Crippen LogP contribution in [-0.2, 0) is 14.9 Å². The molecule has 182 valence electrons. The summed E-state index contributed by atoms with van der Waals surface area (Å²) in [5.74, 6) is 0.480. The maximum absolute atomic E-state index is 13.1. The molecule has 35 heavy (non-hydrogen) atoms. The third-order valence-corrected chi connectivity index (χ3v) is 6.95. The SMILES string of the molecule is CONC(=O)c1c(-c2ccc(C)cc2)oc2cc(N(C)S(C)(=O)=O)c(-c3cccc(OC)c3)cc12. The van der Waals surface area contributed by atoms with Gasteiger partial charge in [-0.25, -0.2) is 13.9 Å². The summed E-state index contributed by atoms with van der Waals surface area (Å²) < 4.78 is 37.7. The van der Waals surface area contributed by atoms with Crippen LogP contribution in [0, 0.1) is 6.92 Å². The van der Waals surface area contributed by atoms with Crippen molar-refractivity contribution < 1.29 is 27.2 Å². The fraction of sp³-hybridized carbons (Fsp3) is 0.192. The Balaban J connectivity index is 2.07. The first-order valence-electron chi connectivity index (χ1n) is 10.7. The molecule has 4 rings (SSSR count). The van der Waals surface area contributed by atoms with Crippen molar-refractivity contribution in [2.45, 2.75) is 6.92 Å². The van der Waals surface area contributed by atoms with Gasteiger partial charge in [-0.1, -0.05) is 42.0 Å². The number of nitrogens with one attached hydrogen (secondary N) is 1. The van der Waals surface area contributed by atoms with E-state index in [2.05, 4.69) is 5.48 Å². The quantitative estimate of drug-likeness (QED) is 0.372. The molecule has 0 aliphatic carbocycles. The molecule has 4 aromatic rings. The van der Waals surface area contributed by atoms with Crippen molar-refractivity contribution >= 4 is 32.6 Å². The zero-order valence-electron chi connectivity index (χ0n) is 20.1. The molecule has 0 saturated carbocycles. The number of nitrogens with zero attached hydrogens (tertiary/aromatic N) is 1. The molecule has 3 aromatic carbocycles. The number of amides is 1. The zero-order chi connectivity index (χ0) is 25.3. The highest BCUT2D eigenvalue weighted by Gasteiger charge is 2.26. The van der Waals surface area contributed by atoms with E-state index in [0.717, 1.165) is 11.8 Å². The lowest BCUT2D eigenvalue weighted by Gasteiger charge is -2.21. The van der Waals surface area contributed by atoms with Crippen LogP contribution in [0.5, 0.6) is 5.75 Å². The van der Waals surface area contributed by atoms with Crippen molar-refractivity contribution in [1.82, 2.24) is 5.48 Å². The van der Waals surface area contributed by atoms with Crippen LogP contribution in [0.3, 0.4) is 0 Å². The Kier molecular flexibility index (Phi) is 6.56. The van der Waals surface area contributed by atoms with E-state index in [1.807, 2.05) is 43.3 Å². The molecule has 0 fully saturated rings. The van der Waals surface area contributed by atoms with Crippen LogP contribution in [0.15, 0.2) is 65.1 Å². The largest absolute Gasteiger partial charge is 0.497 e. The molecule has 0 unspecified atom stereocenters. The standard InChI is InChI=1S/C26H26N2O6S/c1-16-9-11-17(12-10-16)25-24(26(29)27-33-4)21-14-20(18-7-6-8-19(13-18)32-3)22(15-23(21)34-25)28(2)35(5,30)31/h6-15H,1-5H3,(H,27,29). The Morgan fingerprint density at radius 1 is 1.00 bits per heavy atom. The number of carbonyl (C=O) groups is 1. The molecule has 0 atom stereocenters. The molecule has 0 spiro atoms. The van der Waals surface area contributed by atoms with Gasteiger partial charge in [0.25, 0.3) is 5.91 Å². The lowest BCUT2D eigenvalue weighted by atomic mass is 9.98. The van der Waals surface area contributed by atoms with E-state index in [9.17, 15) is 13.2 Å². The Morgan fingerprint density at radius 3 is 2.34 bits per heavy atom. The highest BCUT2D eigenvalue weighted by atomic mass is 32.2. The van der Waals surface area contributed by atoms with Gasteiger partial charge in [0, 0.05) is 29.6 Å². The predicted octanol–water partition coefficient (Wildman–Crippen LogP) is 4.77. The van der Waals surface area contributed by atoms with Gasteiger partial charge in [0.15, 0.2) is 0 Å². The van der Waals surface area contributed by atoms with E-state index < -0.39 is 15.9 Å². The van der Waals surface area contributed by atoms with E-state index >= 15 is 0 Å². The first-order valence-corrected chi connectivity index (χ1v) is 12.6. The predicted molar refractivity (Wildman–Crippen MR) is 136 cm³/mol. The monoisotopic (exact) mass is 494 g/mol. The second kappa shape index (κ2) is 9.44. The summed E-state index contributed by atoms with van der Waals surface area (Å²) >= 11 is 0. The maximum Gasteiger partial charge on any atom is 0.279 e. The van der Waals surface area contributed by atoms with Gasteiger partial charge >= 0.3 is 0 Å². The molecule has 0 aliphatic rings. The van der Waals surface area contributed by atoms with Crippen molar-refractivity contribution in [3.05, 3.63) is 71.8 Å². The van der Waals surface area contributed by atoms with Crippen molar-refractivity contribution in [1.29, 1.82) is 0 Å². The first-order chi connectivity index (χ1) is 16.6. The average molecular weight is 495 g/mol. The Bertz CT molecular complexity index is 1510. The van der Waals surface area contributed by atoms with Gasteiger partial charge in [0.1, 0.15) is 17.1 Å². The third kappa shape index (κ3) is 4.73. The minimum atomic E-state index is -3.59. The number of hydrogen-bond acceptors (Lipinski definition) is 6. The topological polar surface area (TPSA) is 98.1 Å². The third-order valence-electron chi connectivity index (χ3n) is 5.76. The number of benzene rings is 3. The van der Waals surface area contributed by atoms with Gasteiger partial charge in [-0.2, -0.15) is 0 Å². The normalized spacial score (nSPS) is 11.5. The highest BCUT2D eigenvalue weighted by Crippen LogP contribution is 2.41. The summed E-state index contributed by atoms with van der Waals surface area (Å²) in [5, 5.41) is 0.513. The summed E-state index contributed by atoms with van der Waals surface area (Å²) in [6.07, 6.45) is 1.13. The van der Waals surface area contributed by atoms with Crippen molar-refractivity contribution in [3.8, 4) is 28.2 Å². The van der Waals surface area contributed by atoms with Crippen molar-refractivity contribution in [2.24, 2.45) is 0 Å². The lowest BCUT2D eigenvalue weighted by molar-refractivity contribution is 0.0539. The minimum Gasteiger partial charge on any atom is -0.497 e. The molecule has 0 saturated heterocycles. The number of furan rings is 1. The number of sulfonamides is 1. The second-order valence-corrected chi connectivity index (χ2v) is 10.1. The molecule has 0 bridgehead atoms. The van der Waals surface area contributed by atoms with E-state index in [4.69, 9.17) is 14.0 Å². The van der Waals surface area contributed by atoms with Crippen LogP contribution in [0.1, 0.15) is 15.9 Å². The molecule has 1 heterocycles.